The molecule has 0 bridgehead atoms. The van der Waals surface area contributed by atoms with Crippen molar-refractivity contribution in [3.8, 4) is 0 Å². The van der Waals surface area contributed by atoms with Gasteiger partial charge in [-0.3, -0.25) is 4.79 Å². The predicted octanol–water partition coefficient (Wildman–Crippen LogP) is 3.81. The van der Waals surface area contributed by atoms with Crippen molar-refractivity contribution in [3.63, 3.8) is 0 Å². The van der Waals surface area contributed by atoms with Crippen LogP contribution in [0.5, 0.6) is 0 Å². The van der Waals surface area contributed by atoms with E-state index in [1.807, 2.05) is 0 Å². The Morgan fingerprint density at radius 3 is 2.55 bits per heavy atom. The van der Waals surface area contributed by atoms with Gasteiger partial charge in [-0.1, -0.05) is 30.8 Å². The predicted molar refractivity (Wildman–Crippen MR) is 109 cm³/mol. The SMILES string of the molecule is C=CC(=O)N1C[C@@H](OCc2cccc(C(F)(F)F)c2)[C@H](c2cccc(S(C)(=O)=O)c2)C1. The largest absolute Gasteiger partial charge is 0.416 e. The van der Waals surface area contributed by atoms with Gasteiger partial charge >= 0.3 is 6.18 Å². The zero-order valence-corrected chi connectivity index (χ0v) is 17.6. The number of likely N-dealkylation sites (tertiary alicyclic amines) is 1. The van der Waals surface area contributed by atoms with Gasteiger partial charge in [0.2, 0.25) is 5.91 Å². The maximum Gasteiger partial charge on any atom is 0.416 e. The molecule has 3 rings (SSSR count). The van der Waals surface area contributed by atoms with E-state index in [0.29, 0.717) is 11.1 Å². The standard InChI is InChI=1S/C22H22F3NO4S/c1-3-21(27)26-12-19(16-7-5-9-18(11-16)31(2,28)29)20(13-26)30-14-15-6-4-8-17(10-15)22(23,24)25/h3-11,19-20H,1,12-14H2,2H3/t19-,20+/m0/s1. The number of carbonyl (C=O) groups excluding carboxylic acids is 1. The van der Waals surface area contributed by atoms with E-state index in [1.165, 1.54) is 29.2 Å². The number of nitrogens with zero attached hydrogens (tertiary/aromatic N) is 1. The second kappa shape index (κ2) is 8.84. The number of carbonyl (C=O) groups is 1. The highest BCUT2D eigenvalue weighted by molar-refractivity contribution is 7.90. The van der Waals surface area contributed by atoms with Crippen molar-refractivity contribution >= 4 is 15.7 Å². The Hall–Kier alpha value is -2.65. The zero-order chi connectivity index (χ0) is 22.8. The van der Waals surface area contributed by atoms with Gasteiger partial charge in [-0.15, -0.1) is 0 Å². The molecule has 1 amide bonds. The summed E-state index contributed by atoms with van der Waals surface area (Å²) in [4.78, 5) is 13.8. The minimum absolute atomic E-state index is 0.0764. The minimum Gasteiger partial charge on any atom is -0.371 e. The Kier molecular flexibility index (Phi) is 6.56. The molecule has 2 aromatic rings. The number of hydrogen-bond donors (Lipinski definition) is 0. The first-order chi connectivity index (χ1) is 14.5. The molecule has 9 heteroatoms. The lowest BCUT2D eigenvalue weighted by atomic mass is 9.96. The number of benzene rings is 2. The summed E-state index contributed by atoms with van der Waals surface area (Å²) in [5.74, 6) is -0.633. The molecule has 1 saturated heterocycles. The summed E-state index contributed by atoms with van der Waals surface area (Å²) >= 11 is 0. The van der Waals surface area contributed by atoms with E-state index in [9.17, 15) is 26.4 Å². The molecule has 0 radical (unpaired) electrons. The first-order valence-corrected chi connectivity index (χ1v) is 11.4. The number of halogens is 3. The van der Waals surface area contributed by atoms with E-state index in [-0.39, 0.29) is 36.4 Å². The smallest absolute Gasteiger partial charge is 0.371 e. The van der Waals surface area contributed by atoms with Crippen LogP contribution in [0.25, 0.3) is 0 Å². The third kappa shape index (κ3) is 5.54. The number of amides is 1. The third-order valence-corrected chi connectivity index (χ3v) is 6.30. The normalized spacial score (nSPS) is 19.4. The molecule has 5 nitrogen and oxygen atoms in total. The summed E-state index contributed by atoms with van der Waals surface area (Å²) in [6.45, 7) is 3.91. The maximum atomic E-state index is 13.0. The van der Waals surface area contributed by atoms with Crippen molar-refractivity contribution in [1.29, 1.82) is 0 Å². The summed E-state index contributed by atoms with van der Waals surface area (Å²) < 4.78 is 68.7. The Morgan fingerprint density at radius 1 is 1.19 bits per heavy atom. The van der Waals surface area contributed by atoms with Gasteiger partial charge in [0, 0.05) is 25.3 Å². The van der Waals surface area contributed by atoms with E-state index in [0.717, 1.165) is 18.4 Å². The quantitative estimate of drug-likeness (QED) is 0.624. The number of alkyl halides is 3. The van der Waals surface area contributed by atoms with Crippen LogP contribution in [0, 0.1) is 0 Å². The number of sulfone groups is 1. The van der Waals surface area contributed by atoms with Gasteiger partial charge < -0.3 is 9.64 Å². The molecule has 166 valence electrons. The van der Waals surface area contributed by atoms with Gasteiger partial charge in [0.25, 0.3) is 0 Å². The van der Waals surface area contributed by atoms with Crippen LogP contribution < -0.4 is 0 Å². The first-order valence-electron chi connectivity index (χ1n) is 9.48. The van der Waals surface area contributed by atoms with Crippen LogP contribution in [-0.2, 0) is 32.2 Å². The molecule has 31 heavy (non-hydrogen) atoms. The van der Waals surface area contributed by atoms with Crippen molar-refractivity contribution < 1.29 is 31.1 Å². The third-order valence-electron chi connectivity index (χ3n) is 5.19. The molecule has 0 unspecified atom stereocenters. The summed E-state index contributed by atoms with van der Waals surface area (Å²) in [5.41, 5.74) is 0.268. The zero-order valence-electron chi connectivity index (χ0n) is 16.8. The highest BCUT2D eigenvalue weighted by atomic mass is 32.2. The van der Waals surface area contributed by atoms with Gasteiger partial charge in [-0.2, -0.15) is 13.2 Å². The summed E-state index contributed by atoms with van der Waals surface area (Å²) in [5, 5.41) is 0. The Labute approximate surface area is 179 Å². The van der Waals surface area contributed by atoms with Gasteiger partial charge in [0.1, 0.15) is 0 Å². The van der Waals surface area contributed by atoms with Crippen molar-refractivity contribution in [3.05, 3.63) is 77.9 Å². The van der Waals surface area contributed by atoms with Crippen LogP contribution in [0.3, 0.4) is 0 Å². The molecular weight excluding hydrogens is 431 g/mol. The van der Waals surface area contributed by atoms with Gasteiger partial charge in [-0.05, 0) is 41.5 Å². The Balaban J connectivity index is 1.84. The van der Waals surface area contributed by atoms with Crippen molar-refractivity contribution in [2.75, 3.05) is 19.3 Å². The van der Waals surface area contributed by atoms with E-state index >= 15 is 0 Å². The highest BCUT2D eigenvalue weighted by Gasteiger charge is 2.37. The summed E-state index contributed by atoms with van der Waals surface area (Å²) in [7, 11) is -3.42. The molecule has 1 heterocycles. The van der Waals surface area contributed by atoms with Crippen LogP contribution in [0.15, 0.2) is 66.1 Å². The Bertz CT molecular complexity index is 1080. The van der Waals surface area contributed by atoms with Crippen LogP contribution >= 0.6 is 0 Å². The molecule has 0 aromatic heterocycles. The van der Waals surface area contributed by atoms with Gasteiger partial charge in [0.05, 0.1) is 23.2 Å². The maximum absolute atomic E-state index is 13.0. The average molecular weight is 453 g/mol. The van der Waals surface area contributed by atoms with Crippen molar-refractivity contribution in [2.45, 2.75) is 29.7 Å². The molecule has 1 fully saturated rings. The molecular formula is C22H22F3NO4S. The fraction of sp³-hybridized carbons (Fsp3) is 0.318. The van der Waals surface area contributed by atoms with Crippen LogP contribution in [0.4, 0.5) is 13.2 Å². The summed E-state index contributed by atoms with van der Waals surface area (Å²) in [6.07, 6.45) is -2.69. The molecule has 1 aliphatic rings. The van der Waals surface area contributed by atoms with Crippen molar-refractivity contribution in [2.24, 2.45) is 0 Å². The lowest BCUT2D eigenvalue weighted by Gasteiger charge is -2.20. The van der Waals surface area contributed by atoms with Crippen molar-refractivity contribution in [1.82, 2.24) is 4.90 Å². The molecule has 2 atom stereocenters. The van der Waals surface area contributed by atoms with E-state index in [2.05, 4.69) is 6.58 Å². The fourth-order valence-electron chi connectivity index (χ4n) is 3.59. The second-order valence-electron chi connectivity index (χ2n) is 7.45. The van der Waals surface area contributed by atoms with Gasteiger partial charge in [-0.25, -0.2) is 8.42 Å². The first kappa shape index (κ1) is 23.0. The highest BCUT2D eigenvalue weighted by Crippen LogP contribution is 2.33. The minimum atomic E-state index is -4.45. The summed E-state index contributed by atoms with van der Waals surface area (Å²) in [6, 6.07) is 11.3. The molecule has 0 aliphatic carbocycles. The second-order valence-corrected chi connectivity index (χ2v) is 9.46. The van der Waals surface area contributed by atoms with Crippen LogP contribution in [0.1, 0.15) is 22.6 Å². The van der Waals surface area contributed by atoms with Crippen LogP contribution in [-0.4, -0.2) is 44.7 Å². The van der Waals surface area contributed by atoms with E-state index in [4.69, 9.17) is 4.74 Å². The molecule has 0 N–H and O–H groups in total. The van der Waals surface area contributed by atoms with Crippen LogP contribution in [0.2, 0.25) is 0 Å². The topological polar surface area (TPSA) is 63.7 Å². The van der Waals surface area contributed by atoms with E-state index < -0.39 is 27.7 Å². The number of ether oxygens (including phenoxy) is 1. The fourth-order valence-corrected chi connectivity index (χ4v) is 4.26. The number of rotatable bonds is 6. The molecule has 2 aromatic carbocycles. The monoisotopic (exact) mass is 453 g/mol. The lowest BCUT2D eigenvalue weighted by molar-refractivity contribution is -0.137. The average Bonchev–Trinajstić information content (AvgIpc) is 3.15. The molecule has 1 aliphatic heterocycles. The number of hydrogen-bond acceptors (Lipinski definition) is 4. The lowest BCUT2D eigenvalue weighted by Crippen LogP contribution is -2.28. The van der Waals surface area contributed by atoms with E-state index in [1.54, 1.807) is 18.2 Å². The molecule has 0 saturated carbocycles. The molecule has 0 spiro atoms. The van der Waals surface area contributed by atoms with Gasteiger partial charge in [0.15, 0.2) is 9.84 Å². The Morgan fingerprint density at radius 2 is 1.90 bits per heavy atom.